The molecule has 0 saturated carbocycles. The number of ether oxygens (including phenoxy) is 1. The lowest BCUT2D eigenvalue weighted by Gasteiger charge is -2.36. The van der Waals surface area contributed by atoms with Crippen LogP contribution in [0.25, 0.3) is 0 Å². The second-order valence-corrected chi connectivity index (χ2v) is 5.56. The monoisotopic (exact) mass is 199 g/mol. The normalized spacial score (nSPS) is 21.4. The summed E-state index contributed by atoms with van der Waals surface area (Å²) in [5.41, 5.74) is 0.301. The Morgan fingerprint density at radius 1 is 1.29 bits per heavy atom. The van der Waals surface area contributed by atoms with E-state index in [0.717, 1.165) is 12.5 Å². The molecule has 0 aromatic rings. The number of likely N-dealkylation sites (tertiary alicyclic amines) is 1. The van der Waals surface area contributed by atoms with Gasteiger partial charge in [0.2, 0.25) is 0 Å². The molecule has 0 spiro atoms. The predicted octanol–water partition coefficient (Wildman–Crippen LogP) is 2.39. The lowest BCUT2D eigenvalue weighted by molar-refractivity contribution is 0.0580. The van der Waals surface area contributed by atoms with Crippen molar-refractivity contribution >= 4 is 0 Å². The molecule has 0 amide bonds. The van der Waals surface area contributed by atoms with Crippen molar-refractivity contribution in [2.75, 3.05) is 33.4 Å². The Balaban J connectivity index is 2.29. The highest BCUT2D eigenvalue weighted by Crippen LogP contribution is 2.22. The van der Waals surface area contributed by atoms with Crippen molar-refractivity contribution in [1.29, 1.82) is 0 Å². The second-order valence-electron chi connectivity index (χ2n) is 5.56. The van der Waals surface area contributed by atoms with E-state index in [0.29, 0.717) is 5.41 Å². The van der Waals surface area contributed by atoms with Crippen LogP contribution in [0.1, 0.15) is 33.6 Å². The minimum atomic E-state index is 0.301. The summed E-state index contributed by atoms with van der Waals surface area (Å²) in [4.78, 5) is 2.58. The third kappa shape index (κ3) is 3.97. The van der Waals surface area contributed by atoms with Crippen LogP contribution in [0, 0.1) is 11.3 Å². The van der Waals surface area contributed by atoms with E-state index in [1.165, 1.54) is 32.5 Å². The molecule has 0 atom stereocenters. The molecular formula is C12H25NO. The Kier molecular flexibility index (Phi) is 4.39. The summed E-state index contributed by atoms with van der Waals surface area (Å²) in [5.74, 6) is 0.928. The van der Waals surface area contributed by atoms with Gasteiger partial charge in [-0.2, -0.15) is 0 Å². The SMILES string of the molecule is COCC(C)(C)CN1CCC(C)CC1. The Hall–Kier alpha value is -0.0800. The molecule has 0 N–H and O–H groups in total. The summed E-state index contributed by atoms with van der Waals surface area (Å²) < 4.78 is 5.24. The first-order chi connectivity index (χ1) is 6.53. The minimum absolute atomic E-state index is 0.301. The predicted molar refractivity (Wildman–Crippen MR) is 60.5 cm³/mol. The van der Waals surface area contributed by atoms with E-state index in [4.69, 9.17) is 4.74 Å². The molecule has 0 aliphatic carbocycles. The van der Waals surface area contributed by atoms with Gasteiger partial charge in [0.1, 0.15) is 0 Å². The molecule has 0 aromatic carbocycles. The van der Waals surface area contributed by atoms with E-state index in [1.807, 2.05) is 0 Å². The Labute approximate surface area is 88.6 Å². The van der Waals surface area contributed by atoms with Crippen molar-refractivity contribution in [3.63, 3.8) is 0 Å². The van der Waals surface area contributed by atoms with Crippen LogP contribution in [0.15, 0.2) is 0 Å². The summed E-state index contributed by atoms with van der Waals surface area (Å²) in [6, 6.07) is 0. The number of methoxy groups -OCH3 is 1. The van der Waals surface area contributed by atoms with Gasteiger partial charge in [0.15, 0.2) is 0 Å². The van der Waals surface area contributed by atoms with Crippen molar-refractivity contribution in [1.82, 2.24) is 4.90 Å². The molecule has 1 fully saturated rings. The molecule has 1 saturated heterocycles. The van der Waals surface area contributed by atoms with Gasteiger partial charge in [0.05, 0.1) is 6.61 Å². The number of hydrogen-bond donors (Lipinski definition) is 0. The summed E-state index contributed by atoms with van der Waals surface area (Å²) >= 11 is 0. The molecule has 14 heavy (non-hydrogen) atoms. The van der Waals surface area contributed by atoms with Gasteiger partial charge in [-0.05, 0) is 31.8 Å². The van der Waals surface area contributed by atoms with E-state index >= 15 is 0 Å². The maximum absolute atomic E-state index is 5.24. The fourth-order valence-electron chi connectivity index (χ4n) is 2.26. The van der Waals surface area contributed by atoms with Crippen LogP contribution in [0.2, 0.25) is 0 Å². The van der Waals surface area contributed by atoms with Crippen LogP contribution >= 0.6 is 0 Å². The van der Waals surface area contributed by atoms with Gasteiger partial charge in [-0.25, -0.2) is 0 Å². The molecule has 0 radical (unpaired) electrons. The molecule has 0 bridgehead atoms. The Bertz CT molecular complexity index is 160. The maximum Gasteiger partial charge on any atom is 0.0525 e. The number of hydrogen-bond acceptors (Lipinski definition) is 2. The topological polar surface area (TPSA) is 12.5 Å². The largest absolute Gasteiger partial charge is 0.384 e. The van der Waals surface area contributed by atoms with Crippen LogP contribution < -0.4 is 0 Å². The summed E-state index contributed by atoms with van der Waals surface area (Å²) in [6.45, 7) is 11.5. The number of rotatable bonds is 4. The Morgan fingerprint density at radius 2 is 1.86 bits per heavy atom. The third-order valence-corrected chi connectivity index (χ3v) is 3.06. The highest BCUT2D eigenvalue weighted by molar-refractivity contribution is 4.77. The lowest BCUT2D eigenvalue weighted by atomic mass is 9.91. The number of piperidine rings is 1. The zero-order valence-corrected chi connectivity index (χ0v) is 10.2. The first-order valence-corrected chi connectivity index (χ1v) is 5.75. The molecule has 1 aliphatic heterocycles. The third-order valence-electron chi connectivity index (χ3n) is 3.06. The molecule has 1 aliphatic rings. The van der Waals surface area contributed by atoms with E-state index in [9.17, 15) is 0 Å². The van der Waals surface area contributed by atoms with Gasteiger partial charge < -0.3 is 9.64 Å². The van der Waals surface area contributed by atoms with Crippen LogP contribution in [-0.2, 0) is 4.74 Å². The van der Waals surface area contributed by atoms with E-state index in [-0.39, 0.29) is 0 Å². The van der Waals surface area contributed by atoms with Crippen molar-refractivity contribution in [3.05, 3.63) is 0 Å². The molecule has 2 nitrogen and oxygen atoms in total. The second kappa shape index (κ2) is 5.13. The van der Waals surface area contributed by atoms with Crippen LogP contribution in [0.4, 0.5) is 0 Å². The molecule has 0 unspecified atom stereocenters. The van der Waals surface area contributed by atoms with Crippen LogP contribution in [0.5, 0.6) is 0 Å². The summed E-state index contributed by atoms with van der Waals surface area (Å²) in [7, 11) is 1.79. The highest BCUT2D eigenvalue weighted by Gasteiger charge is 2.24. The van der Waals surface area contributed by atoms with Gasteiger partial charge in [-0.3, -0.25) is 0 Å². The van der Waals surface area contributed by atoms with Crippen molar-refractivity contribution in [3.8, 4) is 0 Å². The van der Waals surface area contributed by atoms with Crippen molar-refractivity contribution in [2.24, 2.45) is 11.3 Å². The average molecular weight is 199 g/mol. The van der Waals surface area contributed by atoms with Gasteiger partial charge in [0.25, 0.3) is 0 Å². The van der Waals surface area contributed by atoms with E-state index in [1.54, 1.807) is 7.11 Å². The fraction of sp³-hybridized carbons (Fsp3) is 1.00. The van der Waals surface area contributed by atoms with Gasteiger partial charge in [0, 0.05) is 19.1 Å². The van der Waals surface area contributed by atoms with Crippen LogP contribution in [-0.4, -0.2) is 38.3 Å². The van der Waals surface area contributed by atoms with Crippen molar-refractivity contribution in [2.45, 2.75) is 33.6 Å². The number of nitrogens with zero attached hydrogens (tertiary/aromatic N) is 1. The van der Waals surface area contributed by atoms with E-state index < -0.39 is 0 Å². The van der Waals surface area contributed by atoms with Crippen LogP contribution in [0.3, 0.4) is 0 Å². The molecule has 1 rings (SSSR count). The van der Waals surface area contributed by atoms with Crippen molar-refractivity contribution < 1.29 is 4.74 Å². The van der Waals surface area contributed by atoms with E-state index in [2.05, 4.69) is 25.7 Å². The first kappa shape index (κ1) is 12.0. The minimum Gasteiger partial charge on any atom is -0.384 e. The molecule has 0 aromatic heterocycles. The molecular weight excluding hydrogens is 174 g/mol. The van der Waals surface area contributed by atoms with Gasteiger partial charge >= 0.3 is 0 Å². The quantitative estimate of drug-likeness (QED) is 0.689. The highest BCUT2D eigenvalue weighted by atomic mass is 16.5. The average Bonchev–Trinajstić information content (AvgIpc) is 2.08. The molecule has 1 heterocycles. The zero-order valence-electron chi connectivity index (χ0n) is 10.2. The smallest absolute Gasteiger partial charge is 0.0525 e. The molecule has 2 heteroatoms. The Morgan fingerprint density at radius 3 is 2.36 bits per heavy atom. The standard InChI is InChI=1S/C12H25NO/c1-11-5-7-13(8-6-11)9-12(2,3)10-14-4/h11H,5-10H2,1-4H3. The first-order valence-electron chi connectivity index (χ1n) is 5.75. The van der Waals surface area contributed by atoms with Gasteiger partial charge in [-0.1, -0.05) is 20.8 Å². The van der Waals surface area contributed by atoms with Gasteiger partial charge in [-0.15, -0.1) is 0 Å². The molecule has 84 valence electrons. The summed E-state index contributed by atoms with van der Waals surface area (Å²) in [5, 5.41) is 0. The maximum atomic E-state index is 5.24. The zero-order chi connectivity index (χ0) is 10.6. The fourth-order valence-corrected chi connectivity index (χ4v) is 2.26. The lowest BCUT2D eigenvalue weighted by Crippen LogP contribution is -2.41. The summed E-state index contributed by atoms with van der Waals surface area (Å²) in [6.07, 6.45) is 2.73.